The number of hydrogen-bond acceptors (Lipinski definition) is 3. The SMILES string of the molecule is CC(Cn1cccn1)NC(=O)c1cccc(C(N)=S)c1. The molecule has 1 atom stereocenters. The zero-order valence-corrected chi connectivity index (χ0v) is 11.9. The topological polar surface area (TPSA) is 72.9 Å². The van der Waals surface area contributed by atoms with Crippen LogP contribution in [0.15, 0.2) is 42.7 Å². The summed E-state index contributed by atoms with van der Waals surface area (Å²) < 4.78 is 1.77. The Balaban J connectivity index is 2.00. The van der Waals surface area contributed by atoms with Crippen molar-refractivity contribution in [2.24, 2.45) is 5.73 Å². The Morgan fingerprint density at radius 3 is 2.85 bits per heavy atom. The van der Waals surface area contributed by atoms with Gasteiger partial charge >= 0.3 is 0 Å². The van der Waals surface area contributed by atoms with Crippen molar-refractivity contribution in [1.29, 1.82) is 0 Å². The quantitative estimate of drug-likeness (QED) is 0.814. The molecule has 0 saturated heterocycles. The Kier molecular flexibility index (Phi) is 4.47. The molecule has 6 heteroatoms. The summed E-state index contributed by atoms with van der Waals surface area (Å²) in [5.74, 6) is -0.150. The summed E-state index contributed by atoms with van der Waals surface area (Å²) in [6.07, 6.45) is 3.57. The van der Waals surface area contributed by atoms with E-state index in [4.69, 9.17) is 18.0 Å². The highest BCUT2D eigenvalue weighted by Gasteiger charge is 2.11. The van der Waals surface area contributed by atoms with Crippen molar-refractivity contribution in [2.45, 2.75) is 19.5 Å². The van der Waals surface area contributed by atoms with Crippen molar-refractivity contribution in [3.8, 4) is 0 Å². The molecule has 2 rings (SSSR count). The van der Waals surface area contributed by atoms with Crippen LogP contribution in [0.25, 0.3) is 0 Å². The first-order valence-corrected chi connectivity index (χ1v) is 6.65. The molecular formula is C14H16N4OS. The van der Waals surface area contributed by atoms with E-state index in [0.717, 1.165) is 0 Å². The summed E-state index contributed by atoms with van der Waals surface area (Å²) in [7, 11) is 0. The van der Waals surface area contributed by atoms with E-state index in [-0.39, 0.29) is 16.9 Å². The van der Waals surface area contributed by atoms with Gasteiger partial charge in [0.2, 0.25) is 0 Å². The molecular weight excluding hydrogens is 272 g/mol. The third-order valence-corrected chi connectivity index (χ3v) is 3.04. The van der Waals surface area contributed by atoms with Gasteiger partial charge in [-0.15, -0.1) is 0 Å². The van der Waals surface area contributed by atoms with Crippen LogP contribution in [0.1, 0.15) is 22.8 Å². The van der Waals surface area contributed by atoms with Gasteiger partial charge in [-0.2, -0.15) is 5.10 Å². The van der Waals surface area contributed by atoms with Crippen LogP contribution in [0.3, 0.4) is 0 Å². The molecule has 1 heterocycles. The van der Waals surface area contributed by atoms with Crippen LogP contribution in [0.5, 0.6) is 0 Å². The summed E-state index contributed by atoms with van der Waals surface area (Å²) in [4.78, 5) is 12.4. The number of amides is 1. The van der Waals surface area contributed by atoms with Gasteiger partial charge in [-0.1, -0.05) is 24.4 Å². The van der Waals surface area contributed by atoms with E-state index in [1.54, 1.807) is 35.1 Å². The van der Waals surface area contributed by atoms with Gasteiger partial charge in [0.25, 0.3) is 5.91 Å². The fourth-order valence-electron chi connectivity index (χ4n) is 1.86. The summed E-state index contributed by atoms with van der Waals surface area (Å²) in [5, 5.41) is 7.02. The molecule has 3 N–H and O–H groups in total. The van der Waals surface area contributed by atoms with Crippen LogP contribution in [-0.2, 0) is 6.54 Å². The lowest BCUT2D eigenvalue weighted by atomic mass is 10.1. The van der Waals surface area contributed by atoms with Crippen molar-refractivity contribution in [2.75, 3.05) is 0 Å². The molecule has 0 aliphatic carbocycles. The zero-order chi connectivity index (χ0) is 14.5. The minimum absolute atomic E-state index is 0.0316. The van der Waals surface area contributed by atoms with Gasteiger partial charge in [-0.3, -0.25) is 9.48 Å². The predicted molar refractivity (Wildman–Crippen MR) is 81.5 cm³/mol. The molecule has 2 aromatic rings. The fraction of sp³-hybridized carbons (Fsp3) is 0.214. The number of hydrogen-bond donors (Lipinski definition) is 2. The molecule has 1 unspecified atom stereocenters. The van der Waals surface area contributed by atoms with Crippen LogP contribution < -0.4 is 11.1 Å². The Hall–Kier alpha value is -2.21. The highest BCUT2D eigenvalue weighted by atomic mass is 32.1. The molecule has 0 radical (unpaired) electrons. The van der Waals surface area contributed by atoms with Gasteiger partial charge in [0.15, 0.2) is 0 Å². The fourth-order valence-corrected chi connectivity index (χ4v) is 1.98. The van der Waals surface area contributed by atoms with E-state index in [0.29, 0.717) is 17.7 Å². The van der Waals surface area contributed by atoms with Crippen molar-refractivity contribution in [3.63, 3.8) is 0 Å². The average molecular weight is 288 g/mol. The van der Waals surface area contributed by atoms with Crippen LogP contribution in [-0.4, -0.2) is 26.7 Å². The summed E-state index contributed by atoms with van der Waals surface area (Å²) in [5.41, 5.74) is 6.79. The predicted octanol–water partition coefficient (Wildman–Crippen LogP) is 1.34. The molecule has 20 heavy (non-hydrogen) atoms. The van der Waals surface area contributed by atoms with Gasteiger partial charge in [0.1, 0.15) is 4.99 Å². The first-order valence-electron chi connectivity index (χ1n) is 6.24. The molecule has 0 fully saturated rings. The lowest BCUT2D eigenvalue weighted by Crippen LogP contribution is -2.35. The number of nitrogens with zero attached hydrogens (tertiary/aromatic N) is 2. The van der Waals surface area contributed by atoms with Gasteiger partial charge in [0.05, 0.1) is 6.54 Å². The smallest absolute Gasteiger partial charge is 0.251 e. The van der Waals surface area contributed by atoms with E-state index >= 15 is 0 Å². The van der Waals surface area contributed by atoms with Crippen LogP contribution in [0.4, 0.5) is 0 Å². The largest absolute Gasteiger partial charge is 0.389 e. The van der Waals surface area contributed by atoms with E-state index in [9.17, 15) is 4.79 Å². The lowest BCUT2D eigenvalue weighted by molar-refractivity contribution is 0.0936. The molecule has 5 nitrogen and oxygen atoms in total. The average Bonchev–Trinajstić information content (AvgIpc) is 2.91. The number of aromatic nitrogens is 2. The van der Waals surface area contributed by atoms with Gasteiger partial charge in [-0.05, 0) is 25.1 Å². The Bertz CT molecular complexity index is 609. The molecule has 1 amide bonds. The minimum atomic E-state index is -0.150. The molecule has 1 aromatic carbocycles. The van der Waals surface area contributed by atoms with E-state index < -0.39 is 0 Å². The third-order valence-electron chi connectivity index (χ3n) is 2.81. The normalized spacial score (nSPS) is 11.8. The third kappa shape index (κ3) is 3.64. The highest BCUT2D eigenvalue weighted by molar-refractivity contribution is 7.80. The molecule has 0 spiro atoms. The van der Waals surface area contributed by atoms with Crippen molar-refractivity contribution in [1.82, 2.24) is 15.1 Å². The van der Waals surface area contributed by atoms with Crippen molar-refractivity contribution in [3.05, 3.63) is 53.9 Å². The number of carbonyl (C=O) groups is 1. The lowest BCUT2D eigenvalue weighted by Gasteiger charge is -2.14. The Morgan fingerprint density at radius 1 is 1.45 bits per heavy atom. The number of nitrogens with one attached hydrogen (secondary N) is 1. The van der Waals surface area contributed by atoms with Crippen LogP contribution in [0, 0.1) is 0 Å². The van der Waals surface area contributed by atoms with E-state index in [1.807, 2.05) is 19.2 Å². The summed E-state index contributed by atoms with van der Waals surface area (Å²) in [6, 6.07) is 8.79. The van der Waals surface area contributed by atoms with Crippen LogP contribution in [0.2, 0.25) is 0 Å². The Labute approximate surface area is 122 Å². The second-order valence-electron chi connectivity index (χ2n) is 4.55. The zero-order valence-electron chi connectivity index (χ0n) is 11.1. The first kappa shape index (κ1) is 14.2. The monoisotopic (exact) mass is 288 g/mol. The standard InChI is InChI=1S/C14H16N4OS/c1-10(9-18-7-3-6-16-18)17-14(19)12-5-2-4-11(8-12)13(15)20/h2-8,10H,9H2,1H3,(H2,15,20)(H,17,19). The van der Waals surface area contributed by atoms with Gasteiger partial charge in [0, 0.05) is 29.6 Å². The number of thiocarbonyl (C=S) groups is 1. The highest BCUT2D eigenvalue weighted by Crippen LogP contribution is 2.06. The molecule has 0 aliphatic rings. The van der Waals surface area contributed by atoms with Crippen LogP contribution >= 0.6 is 12.2 Å². The second kappa shape index (κ2) is 6.29. The maximum absolute atomic E-state index is 12.1. The summed E-state index contributed by atoms with van der Waals surface area (Å²) in [6.45, 7) is 2.55. The number of nitrogens with two attached hydrogens (primary N) is 1. The number of benzene rings is 1. The first-order chi connectivity index (χ1) is 9.56. The molecule has 0 aliphatic heterocycles. The van der Waals surface area contributed by atoms with E-state index in [1.165, 1.54) is 0 Å². The Morgan fingerprint density at radius 2 is 2.20 bits per heavy atom. The number of rotatable bonds is 5. The molecule has 0 bridgehead atoms. The molecule has 104 valence electrons. The number of carbonyl (C=O) groups excluding carboxylic acids is 1. The van der Waals surface area contributed by atoms with Gasteiger partial charge in [-0.25, -0.2) is 0 Å². The molecule has 0 saturated carbocycles. The molecule has 1 aromatic heterocycles. The minimum Gasteiger partial charge on any atom is -0.389 e. The maximum Gasteiger partial charge on any atom is 0.251 e. The second-order valence-corrected chi connectivity index (χ2v) is 4.99. The summed E-state index contributed by atoms with van der Waals surface area (Å²) >= 11 is 4.91. The van der Waals surface area contributed by atoms with Crippen molar-refractivity contribution < 1.29 is 4.79 Å². The van der Waals surface area contributed by atoms with Gasteiger partial charge < -0.3 is 11.1 Å². The van der Waals surface area contributed by atoms with E-state index in [2.05, 4.69) is 10.4 Å². The maximum atomic E-state index is 12.1. The van der Waals surface area contributed by atoms with Crippen molar-refractivity contribution >= 4 is 23.1 Å².